The number of anilines is 1. The van der Waals surface area contributed by atoms with E-state index >= 15 is 0 Å². The number of hydrogen-bond donors (Lipinski definition) is 0. The van der Waals surface area contributed by atoms with Gasteiger partial charge in [0.2, 0.25) is 5.91 Å². The summed E-state index contributed by atoms with van der Waals surface area (Å²) >= 11 is 0. The van der Waals surface area contributed by atoms with Crippen molar-refractivity contribution >= 4 is 17.4 Å². The fraction of sp³-hybridized carbons (Fsp3) is 0.435. The summed E-state index contributed by atoms with van der Waals surface area (Å²) in [5.74, 6) is 1.02. The third kappa shape index (κ3) is 3.78. The smallest absolute Gasteiger partial charge is 0.225 e. The summed E-state index contributed by atoms with van der Waals surface area (Å²) in [5.41, 5.74) is 2.25. The number of pyridine rings is 2. The van der Waals surface area contributed by atoms with Crippen LogP contribution in [0.15, 0.2) is 42.9 Å². The number of nitriles is 1. The molecule has 2 aliphatic heterocycles. The van der Waals surface area contributed by atoms with Crippen LogP contribution in [0.2, 0.25) is 0 Å². The predicted octanol–water partition coefficient (Wildman–Crippen LogP) is 2.34. The van der Waals surface area contributed by atoms with Crippen molar-refractivity contribution in [3.8, 4) is 6.07 Å². The lowest BCUT2D eigenvalue weighted by Gasteiger charge is -2.41. The first kappa shape index (κ1) is 20.4. The highest BCUT2D eigenvalue weighted by Crippen LogP contribution is 2.34. The van der Waals surface area contributed by atoms with Gasteiger partial charge in [-0.05, 0) is 44.0 Å². The second-order valence-electron chi connectivity index (χ2n) is 8.35. The first-order chi connectivity index (χ1) is 15.6. The van der Waals surface area contributed by atoms with Gasteiger partial charge in [0, 0.05) is 31.4 Å². The molecule has 0 radical (unpaired) electrons. The van der Waals surface area contributed by atoms with Crippen LogP contribution in [0.25, 0.3) is 5.65 Å². The van der Waals surface area contributed by atoms with Gasteiger partial charge in [0.1, 0.15) is 18.2 Å². The Bertz CT molecular complexity index is 1140. The van der Waals surface area contributed by atoms with Gasteiger partial charge < -0.3 is 14.5 Å². The van der Waals surface area contributed by atoms with Crippen molar-refractivity contribution < 1.29 is 9.53 Å². The minimum Gasteiger partial charge on any atom is -0.372 e. The molecule has 0 spiro atoms. The maximum absolute atomic E-state index is 12.9. The Hall–Kier alpha value is -3.51. The molecule has 2 bridgehead atoms. The number of fused-ring (bicyclic) bond motifs is 3. The molecule has 3 aromatic rings. The molecule has 1 amide bonds. The molecule has 0 aliphatic carbocycles. The van der Waals surface area contributed by atoms with Gasteiger partial charge in [-0.1, -0.05) is 6.07 Å². The zero-order valence-electron chi connectivity index (χ0n) is 18.0. The number of amides is 1. The summed E-state index contributed by atoms with van der Waals surface area (Å²) in [6.45, 7) is 3.72. The average Bonchev–Trinajstić information content (AvgIpc) is 3.40. The molecule has 5 heterocycles. The topological polar surface area (TPSA) is 99.7 Å². The van der Waals surface area contributed by atoms with E-state index in [4.69, 9.17) is 10.00 Å². The van der Waals surface area contributed by atoms with Crippen LogP contribution in [0.3, 0.4) is 0 Å². The highest BCUT2D eigenvalue weighted by molar-refractivity contribution is 5.77. The van der Waals surface area contributed by atoms with Gasteiger partial charge in [-0.25, -0.2) is 14.5 Å². The minimum absolute atomic E-state index is 0.125. The number of piperazine rings is 1. The zero-order valence-corrected chi connectivity index (χ0v) is 18.0. The zero-order chi connectivity index (χ0) is 22.1. The van der Waals surface area contributed by atoms with E-state index in [9.17, 15) is 4.79 Å². The number of aromatic nitrogens is 4. The van der Waals surface area contributed by atoms with E-state index in [1.807, 2.05) is 36.1 Å². The van der Waals surface area contributed by atoms with Crippen molar-refractivity contribution in [2.24, 2.45) is 0 Å². The summed E-state index contributed by atoms with van der Waals surface area (Å²) in [6.07, 6.45) is 5.40. The molecule has 2 saturated heterocycles. The maximum atomic E-state index is 12.9. The SMILES string of the molecule is CC(OCCC(=O)N1CC2CCC(C1)N2c1ccc(C#N)cn1)c1cccc2ncnn12. The lowest BCUT2D eigenvalue weighted by atomic mass is 10.1. The van der Waals surface area contributed by atoms with E-state index in [1.165, 1.54) is 6.33 Å². The molecule has 5 rings (SSSR count). The average molecular weight is 432 g/mol. The van der Waals surface area contributed by atoms with Crippen LogP contribution in [-0.4, -0.2) is 62.2 Å². The van der Waals surface area contributed by atoms with Crippen LogP contribution in [0, 0.1) is 11.3 Å². The van der Waals surface area contributed by atoms with E-state index in [-0.39, 0.29) is 24.1 Å². The highest BCUT2D eigenvalue weighted by Gasteiger charge is 2.41. The second kappa shape index (κ2) is 8.55. The van der Waals surface area contributed by atoms with Crippen LogP contribution >= 0.6 is 0 Å². The molecule has 3 atom stereocenters. The Morgan fingerprint density at radius 1 is 1.22 bits per heavy atom. The Labute approximate surface area is 186 Å². The van der Waals surface area contributed by atoms with E-state index in [0.29, 0.717) is 31.7 Å². The molecule has 2 aliphatic rings. The summed E-state index contributed by atoms with van der Waals surface area (Å²) < 4.78 is 7.73. The fourth-order valence-electron chi connectivity index (χ4n) is 4.83. The van der Waals surface area contributed by atoms with E-state index in [0.717, 1.165) is 30.0 Å². The van der Waals surface area contributed by atoms with Gasteiger partial charge >= 0.3 is 0 Å². The molecular formula is C23H25N7O2. The monoisotopic (exact) mass is 431 g/mol. The third-order valence-electron chi connectivity index (χ3n) is 6.41. The van der Waals surface area contributed by atoms with Crippen LogP contribution in [-0.2, 0) is 9.53 Å². The Balaban J connectivity index is 1.16. The minimum atomic E-state index is -0.191. The molecule has 0 N–H and O–H groups in total. The Morgan fingerprint density at radius 3 is 2.75 bits per heavy atom. The van der Waals surface area contributed by atoms with Crippen LogP contribution in [0.1, 0.15) is 43.5 Å². The molecule has 2 fully saturated rings. The van der Waals surface area contributed by atoms with E-state index in [2.05, 4.69) is 26.0 Å². The molecule has 3 unspecified atom stereocenters. The summed E-state index contributed by atoms with van der Waals surface area (Å²) in [4.78, 5) is 25.8. The summed E-state index contributed by atoms with van der Waals surface area (Å²) in [5, 5.41) is 13.2. The van der Waals surface area contributed by atoms with E-state index < -0.39 is 0 Å². The number of hydrogen-bond acceptors (Lipinski definition) is 7. The van der Waals surface area contributed by atoms with Crippen molar-refractivity contribution in [2.75, 3.05) is 24.6 Å². The normalized spacial score (nSPS) is 21.0. The maximum Gasteiger partial charge on any atom is 0.225 e. The molecule has 9 heteroatoms. The van der Waals surface area contributed by atoms with Gasteiger partial charge in [0.05, 0.1) is 30.4 Å². The standard InChI is InChI=1S/C23H25N7O2/c1-16(20-3-2-4-22-26-15-27-30(20)22)32-10-9-23(31)28-13-18-6-7-19(14-28)29(18)21-8-5-17(11-24)12-25-21/h2-5,8,12,15-16,18-19H,6-7,9-10,13-14H2,1H3. The lowest BCUT2D eigenvalue weighted by molar-refractivity contribution is -0.133. The van der Waals surface area contributed by atoms with Crippen molar-refractivity contribution in [2.45, 2.75) is 44.4 Å². The number of carbonyl (C=O) groups excluding carboxylic acids is 1. The highest BCUT2D eigenvalue weighted by atomic mass is 16.5. The van der Waals surface area contributed by atoms with Crippen molar-refractivity contribution in [3.63, 3.8) is 0 Å². The summed E-state index contributed by atoms with van der Waals surface area (Å²) in [6, 6.07) is 12.1. The molecule has 0 aromatic carbocycles. The number of likely N-dealkylation sites (tertiary alicyclic amines) is 1. The van der Waals surface area contributed by atoms with Gasteiger partial charge in [0.25, 0.3) is 0 Å². The lowest BCUT2D eigenvalue weighted by Crippen LogP contribution is -2.55. The molecular weight excluding hydrogens is 406 g/mol. The number of carbonyl (C=O) groups is 1. The number of ether oxygens (including phenoxy) is 1. The fourth-order valence-corrected chi connectivity index (χ4v) is 4.83. The summed E-state index contributed by atoms with van der Waals surface area (Å²) in [7, 11) is 0. The van der Waals surface area contributed by atoms with E-state index in [1.54, 1.807) is 16.8 Å². The molecule has 9 nitrogen and oxygen atoms in total. The first-order valence-electron chi connectivity index (χ1n) is 11.0. The van der Waals surface area contributed by atoms with Gasteiger partial charge in [0.15, 0.2) is 5.65 Å². The quantitative estimate of drug-likeness (QED) is 0.591. The third-order valence-corrected chi connectivity index (χ3v) is 6.41. The second-order valence-corrected chi connectivity index (χ2v) is 8.35. The van der Waals surface area contributed by atoms with Crippen LogP contribution < -0.4 is 4.90 Å². The largest absolute Gasteiger partial charge is 0.372 e. The predicted molar refractivity (Wildman–Crippen MR) is 117 cm³/mol. The molecule has 0 saturated carbocycles. The molecule has 164 valence electrons. The Morgan fingerprint density at radius 2 is 2.03 bits per heavy atom. The Kier molecular flexibility index (Phi) is 5.45. The van der Waals surface area contributed by atoms with Gasteiger partial charge in [-0.3, -0.25) is 4.79 Å². The van der Waals surface area contributed by atoms with Gasteiger partial charge in [-0.2, -0.15) is 10.4 Å². The first-order valence-corrected chi connectivity index (χ1v) is 11.0. The molecule has 3 aromatic heterocycles. The van der Waals surface area contributed by atoms with Gasteiger partial charge in [-0.15, -0.1) is 0 Å². The number of rotatable bonds is 6. The van der Waals surface area contributed by atoms with Crippen molar-refractivity contribution in [1.29, 1.82) is 5.26 Å². The van der Waals surface area contributed by atoms with Crippen LogP contribution in [0.4, 0.5) is 5.82 Å². The van der Waals surface area contributed by atoms with Crippen LogP contribution in [0.5, 0.6) is 0 Å². The van der Waals surface area contributed by atoms with Crippen molar-refractivity contribution in [3.05, 3.63) is 54.1 Å². The number of nitrogens with zero attached hydrogens (tertiary/aromatic N) is 7. The molecule has 32 heavy (non-hydrogen) atoms. The van der Waals surface area contributed by atoms with Crippen molar-refractivity contribution in [1.82, 2.24) is 24.5 Å².